The zero-order valence-corrected chi connectivity index (χ0v) is 12.6. The van der Waals surface area contributed by atoms with E-state index in [1.54, 1.807) is 7.05 Å². The standard InChI is InChI=1S/C14H9ClFN5O2/c1-3-4-23-12-6-11(10(16)5-9(12)15)21-14(22)8-7-17-20(2)13(8)18-19-21/h1,5-7H,4H2,2H3. The van der Waals surface area contributed by atoms with Crippen LogP contribution in [0.25, 0.3) is 16.7 Å². The first-order valence-electron chi connectivity index (χ1n) is 6.36. The molecule has 0 fully saturated rings. The third-order valence-electron chi connectivity index (χ3n) is 3.10. The Morgan fingerprint density at radius 1 is 1.48 bits per heavy atom. The van der Waals surface area contributed by atoms with Crippen molar-refractivity contribution in [2.75, 3.05) is 6.61 Å². The van der Waals surface area contributed by atoms with Crippen LogP contribution in [0.2, 0.25) is 5.02 Å². The molecular formula is C14H9ClFN5O2. The lowest BCUT2D eigenvalue weighted by Crippen LogP contribution is -2.23. The summed E-state index contributed by atoms with van der Waals surface area (Å²) in [5.74, 6) is 1.67. The fourth-order valence-corrected chi connectivity index (χ4v) is 2.22. The number of hydrogen-bond acceptors (Lipinski definition) is 5. The summed E-state index contributed by atoms with van der Waals surface area (Å²) in [7, 11) is 1.62. The maximum absolute atomic E-state index is 14.2. The largest absolute Gasteiger partial charge is 0.479 e. The minimum absolute atomic E-state index is 0.0324. The van der Waals surface area contributed by atoms with Gasteiger partial charge in [0.15, 0.2) is 11.5 Å². The number of fused-ring (bicyclic) bond motifs is 1. The van der Waals surface area contributed by atoms with E-state index in [2.05, 4.69) is 21.3 Å². The van der Waals surface area contributed by atoms with E-state index in [1.807, 2.05) is 0 Å². The van der Waals surface area contributed by atoms with E-state index in [1.165, 1.54) is 16.9 Å². The number of halogens is 2. The molecule has 0 aliphatic carbocycles. The van der Waals surface area contributed by atoms with Crippen LogP contribution < -0.4 is 10.3 Å². The molecule has 0 radical (unpaired) electrons. The second-order valence-electron chi connectivity index (χ2n) is 4.54. The number of nitrogens with zero attached hydrogens (tertiary/aromatic N) is 5. The van der Waals surface area contributed by atoms with Crippen LogP contribution in [0.15, 0.2) is 23.1 Å². The van der Waals surface area contributed by atoms with Crippen molar-refractivity contribution < 1.29 is 9.13 Å². The van der Waals surface area contributed by atoms with Gasteiger partial charge in [-0.25, -0.2) is 9.07 Å². The molecule has 2 aromatic heterocycles. The Balaban J connectivity index is 2.20. The van der Waals surface area contributed by atoms with Gasteiger partial charge in [-0.3, -0.25) is 4.79 Å². The summed E-state index contributed by atoms with van der Waals surface area (Å²) in [6.07, 6.45) is 6.45. The summed E-state index contributed by atoms with van der Waals surface area (Å²) in [6, 6.07) is 2.26. The van der Waals surface area contributed by atoms with Crippen molar-refractivity contribution in [2.45, 2.75) is 0 Å². The summed E-state index contributed by atoms with van der Waals surface area (Å²) in [5.41, 5.74) is -0.415. The van der Waals surface area contributed by atoms with Crippen LogP contribution in [-0.2, 0) is 7.05 Å². The topological polar surface area (TPSA) is 74.8 Å². The summed E-state index contributed by atoms with van der Waals surface area (Å²) < 4.78 is 21.6. The first-order chi connectivity index (χ1) is 11.0. The van der Waals surface area contributed by atoms with E-state index in [0.29, 0.717) is 5.65 Å². The van der Waals surface area contributed by atoms with Crippen LogP contribution in [-0.4, -0.2) is 31.4 Å². The number of terminal acetylenes is 1. The van der Waals surface area contributed by atoms with E-state index in [-0.39, 0.29) is 28.5 Å². The summed E-state index contributed by atoms with van der Waals surface area (Å²) in [5, 5.41) is 11.8. The van der Waals surface area contributed by atoms with Crippen LogP contribution in [0.5, 0.6) is 5.75 Å². The molecule has 0 saturated carbocycles. The van der Waals surface area contributed by atoms with Crippen molar-refractivity contribution in [3.8, 4) is 23.8 Å². The zero-order chi connectivity index (χ0) is 16.6. The number of rotatable bonds is 3. The highest BCUT2D eigenvalue weighted by Crippen LogP contribution is 2.29. The molecule has 7 nitrogen and oxygen atoms in total. The lowest BCUT2D eigenvalue weighted by atomic mass is 10.2. The first-order valence-corrected chi connectivity index (χ1v) is 6.74. The van der Waals surface area contributed by atoms with E-state index < -0.39 is 11.4 Å². The Labute approximate surface area is 134 Å². The normalized spacial score (nSPS) is 10.7. The minimum atomic E-state index is -0.748. The molecule has 23 heavy (non-hydrogen) atoms. The molecule has 0 bridgehead atoms. The highest BCUT2D eigenvalue weighted by molar-refractivity contribution is 6.32. The van der Waals surface area contributed by atoms with Gasteiger partial charge in [-0.05, 0) is 6.07 Å². The molecule has 3 rings (SSSR count). The van der Waals surface area contributed by atoms with Gasteiger partial charge in [0, 0.05) is 13.1 Å². The van der Waals surface area contributed by atoms with Crippen LogP contribution in [0.3, 0.4) is 0 Å². The number of benzene rings is 1. The van der Waals surface area contributed by atoms with Crippen LogP contribution >= 0.6 is 11.6 Å². The second kappa shape index (κ2) is 5.70. The molecule has 0 amide bonds. The van der Waals surface area contributed by atoms with Crippen molar-refractivity contribution in [2.24, 2.45) is 7.05 Å². The van der Waals surface area contributed by atoms with Gasteiger partial charge in [-0.2, -0.15) is 9.78 Å². The number of aromatic nitrogens is 5. The molecule has 0 aliphatic heterocycles. The predicted octanol–water partition coefficient (Wildman–Crippen LogP) is 1.32. The van der Waals surface area contributed by atoms with Gasteiger partial charge in [0.25, 0.3) is 5.56 Å². The van der Waals surface area contributed by atoms with Gasteiger partial charge in [-0.15, -0.1) is 11.5 Å². The second-order valence-corrected chi connectivity index (χ2v) is 4.95. The molecule has 3 aromatic rings. The highest BCUT2D eigenvalue weighted by atomic mass is 35.5. The summed E-state index contributed by atoms with van der Waals surface area (Å²) in [4.78, 5) is 12.4. The van der Waals surface area contributed by atoms with Gasteiger partial charge in [-0.1, -0.05) is 22.7 Å². The van der Waals surface area contributed by atoms with Gasteiger partial charge >= 0.3 is 0 Å². The van der Waals surface area contributed by atoms with Crippen molar-refractivity contribution in [3.05, 3.63) is 39.5 Å². The molecule has 0 unspecified atom stereocenters. The molecule has 2 heterocycles. The summed E-state index contributed by atoms with van der Waals surface area (Å²) in [6.45, 7) is -0.0486. The van der Waals surface area contributed by atoms with Gasteiger partial charge in [0.05, 0.1) is 11.2 Å². The molecule has 9 heteroatoms. The monoisotopic (exact) mass is 333 g/mol. The Bertz CT molecular complexity index is 1000. The minimum Gasteiger partial charge on any atom is -0.479 e. The average Bonchev–Trinajstić information content (AvgIpc) is 2.90. The van der Waals surface area contributed by atoms with Gasteiger partial charge < -0.3 is 4.74 Å². The highest BCUT2D eigenvalue weighted by Gasteiger charge is 2.16. The number of ether oxygens (including phenoxy) is 1. The van der Waals surface area contributed by atoms with Crippen molar-refractivity contribution in [1.29, 1.82) is 0 Å². The molecule has 0 atom stereocenters. The smallest absolute Gasteiger partial charge is 0.285 e. The van der Waals surface area contributed by atoms with Crippen molar-refractivity contribution in [3.63, 3.8) is 0 Å². The van der Waals surface area contributed by atoms with E-state index >= 15 is 0 Å². The summed E-state index contributed by atoms with van der Waals surface area (Å²) >= 11 is 5.89. The van der Waals surface area contributed by atoms with Crippen LogP contribution in [0, 0.1) is 18.2 Å². The molecule has 116 valence electrons. The van der Waals surface area contributed by atoms with E-state index in [9.17, 15) is 9.18 Å². The number of hydrogen-bond donors (Lipinski definition) is 0. The third kappa shape index (κ3) is 2.51. The maximum Gasteiger partial charge on any atom is 0.285 e. The zero-order valence-electron chi connectivity index (χ0n) is 11.8. The predicted molar refractivity (Wildman–Crippen MR) is 81.2 cm³/mol. The third-order valence-corrected chi connectivity index (χ3v) is 3.40. The molecule has 0 aliphatic rings. The van der Waals surface area contributed by atoms with Crippen molar-refractivity contribution in [1.82, 2.24) is 24.8 Å². The molecule has 0 saturated heterocycles. The Hall–Kier alpha value is -2.92. The van der Waals surface area contributed by atoms with Crippen molar-refractivity contribution >= 4 is 22.6 Å². The molecular weight excluding hydrogens is 325 g/mol. The molecule has 0 spiro atoms. The first kappa shape index (κ1) is 15.0. The fourth-order valence-electron chi connectivity index (χ4n) is 2.01. The SMILES string of the molecule is C#CCOc1cc(-n2nnc3c(cnn3C)c2=O)c(F)cc1Cl. The number of aryl methyl sites for hydroxylation is 1. The lowest BCUT2D eigenvalue weighted by molar-refractivity contribution is 0.369. The van der Waals surface area contributed by atoms with Crippen LogP contribution in [0.1, 0.15) is 0 Å². The maximum atomic E-state index is 14.2. The van der Waals surface area contributed by atoms with E-state index in [4.69, 9.17) is 22.8 Å². The lowest BCUT2D eigenvalue weighted by Gasteiger charge is -2.10. The average molecular weight is 334 g/mol. The Morgan fingerprint density at radius 3 is 3.00 bits per heavy atom. The van der Waals surface area contributed by atoms with E-state index in [0.717, 1.165) is 10.7 Å². The van der Waals surface area contributed by atoms with Crippen LogP contribution in [0.4, 0.5) is 4.39 Å². The Kier molecular flexibility index (Phi) is 3.72. The van der Waals surface area contributed by atoms with Gasteiger partial charge in [0.2, 0.25) is 0 Å². The fraction of sp³-hybridized carbons (Fsp3) is 0.143. The Morgan fingerprint density at radius 2 is 2.26 bits per heavy atom. The molecule has 0 N–H and O–H groups in total. The quantitative estimate of drug-likeness (QED) is 0.676. The van der Waals surface area contributed by atoms with Gasteiger partial charge in [0.1, 0.15) is 23.4 Å². The molecule has 1 aromatic carbocycles.